The maximum absolute atomic E-state index is 12.4. The second-order valence-electron chi connectivity index (χ2n) is 6.29. The summed E-state index contributed by atoms with van der Waals surface area (Å²) in [6.07, 6.45) is 1.40. The summed E-state index contributed by atoms with van der Waals surface area (Å²) in [5, 5.41) is 11.5. The van der Waals surface area contributed by atoms with E-state index < -0.39 is 10.0 Å². The van der Waals surface area contributed by atoms with Crippen LogP contribution in [0.4, 0.5) is 0 Å². The Morgan fingerprint density at radius 2 is 1.92 bits per heavy atom. The molecule has 0 saturated carbocycles. The van der Waals surface area contributed by atoms with Crippen molar-refractivity contribution in [3.05, 3.63) is 23.2 Å². The molecule has 11 heteroatoms. The lowest BCUT2D eigenvalue weighted by Crippen LogP contribution is -2.43. The summed E-state index contributed by atoms with van der Waals surface area (Å²) in [7, 11) is -3.85. The number of carbonyl (C=O) groups is 1. The predicted molar refractivity (Wildman–Crippen MR) is 88.8 cm³/mol. The van der Waals surface area contributed by atoms with Gasteiger partial charge in [-0.3, -0.25) is 4.79 Å². The number of rotatable bonds is 5. The Labute approximate surface area is 151 Å². The molecule has 3 heterocycles. The van der Waals surface area contributed by atoms with Crippen LogP contribution in [0.1, 0.15) is 42.0 Å². The molecule has 1 fully saturated rings. The van der Waals surface area contributed by atoms with Gasteiger partial charge in [0.15, 0.2) is 5.76 Å². The third-order valence-electron chi connectivity index (χ3n) is 4.39. The molecule has 1 aliphatic rings. The summed E-state index contributed by atoms with van der Waals surface area (Å²) in [4.78, 5) is 14.0. The summed E-state index contributed by atoms with van der Waals surface area (Å²) >= 11 is 0. The lowest BCUT2D eigenvalue weighted by molar-refractivity contribution is -0.131. The van der Waals surface area contributed by atoms with Crippen molar-refractivity contribution in [1.82, 2.24) is 25.0 Å². The van der Waals surface area contributed by atoms with Crippen LogP contribution in [-0.2, 0) is 14.8 Å². The van der Waals surface area contributed by atoms with Gasteiger partial charge in [0.25, 0.3) is 0 Å². The van der Waals surface area contributed by atoms with E-state index in [9.17, 15) is 13.2 Å². The second-order valence-corrected chi connectivity index (χ2v) is 8.00. The van der Waals surface area contributed by atoms with Crippen molar-refractivity contribution in [1.29, 1.82) is 0 Å². The number of carbonyl (C=O) groups excluding carboxylic acids is 1. The van der Waals surface area contributed by atoms with Crippen molar-refractivity contribution in [2.45, 2.75) is 44.4 Å². The molecule has 1 saturated heterocycles. The molecule has 3 rings (SSSR count). The molecule has 0 unspecified atom stereocenters. The zero-order valence-corrected chi connectivity index (χ0v) is 15.7. The van der Waals surface area contributed by atoms with Crippen LogP contribution in [-0.4, -0.2) is 54.2 Å². The Kier molecular flexibility index (Phi) is 5.10. The van der Waals surface area contributed by atoms with Gasteiger partial charge in [-0.05, 0) is 26.7 Å². The van der Waals surface area contributed by atoms with Crippen LogP contribution in [0.3, 0.4) is 0 Å². The van der Waals surface area contributed by atoms with Crippen LogP contribution >= 0.6 is 0 Å². The highest BCUT2D eigenvalue weighted by Crippen LogP contribution is 2.27. The summed E-state index contributed by atoms with van der Waals surface area (Å²) in [6, 6.07) is 0. The number of nitrogens with one attached hydrogen (secondary N) is 1. The molecule has 2 aromatic rings. The van der Waals surface area contributed by atoms with Crippen molar-refractivity contribution >= 4 is 15.9 Å². The molecule has 1 amide bonds. The van der Waals surface area contributed by atoms with Crippen molar-refractivity contribution in [3.63, 3.8) is 0 Å². The number of amides is 1. The van der Waals surface area contributed by atoms with Gasteiger partial charge in [0.05, 0.1) is 6.54 Å². The molecule has 0 atom stereocenters. The molecule has 10 nitrogen and oxygen atoms in total. The van der Waals surface area contributed by atoms with Crippen LogP contribution in [0.2, 0.25) is 0 Å². The van der Waals surface area contributed by atoms with Gasteiger partial charge in [-0.25, -0.2) is 13.1 Å². The van der Waals surface area contributed by atoms with Crippen LogP contribution in [0.15, 0.2) is 13.8 Å². The van der Waals surface area contributed by atoms with Crippen molar-refractivity contribution in [2.24, 2.45) is 0 Å². The van der Waals surface area contributed by atoms with E-state index >= 15 is 0 Å². The fourth-order valence-electron chi connectivity index (χ4n) is 3.05. The third-order valence-corrected chi connectivity index (χ3v) is 6.03. The molecular formula is C15H21N5O5S. The first-order valence-electron chi connectivity index (χ1n) is 8.28. The molecule has 1 N–H and O–H groups in total. The molecular weight excluding hydrogens is 362 g/mol. The average Bonchev–Trinajstić information content (AvgIpc) is 3.18. The second kappa shape index (κ2) is 7.16. The highest BCUT2D eigenvalue weighted by molar-refractivity contribution is 7.89. The first kappa shape index (κ1) is 18.5. The number of hydrogen-bond acceptors (Lipinski definition) is 8. The van der Waals surface area contributed by atoms with Gasteiger partial charge in [0.1, 0.15) is 10.6 Å². The van der Waals surface area contributed by atoms with Crippen LogP contribution in [0, 0.1) is 20.8 Å². The van der Waals surface area contributed by atoms with E-state index in [-0.39, 0.29) is 34.7 Å². The van der Waals surface area contributed by atoms with Gasteiger partial charge in [-0.1, -0.05) is 5.16 Å². The van der Waals surface area contributed by atoms with Crippen molar-refractivity contribution in [2.75, 3.05) is 19.6 Å². The van der Waals surface area contributed by atoms with E-state index in [1.807, 2.05) is 0 Å². The van der Waals surface area contributed by atoms with Crippen molar-refractivity contribution < 1.29 is 22.2 Å². The Balaban J connectivity index is 1.55. The van der Waals surface area contributed by atoms with E-state index in [1.165, 1.54) is 13.8 Å². The summed E-state index contributed by atoms with van der Waals surface area (Å²) < 4.78 is 37.3. The SMILES string of the molecule is Cc1nnc(C2CCN(C(=O)CNS(=O)(=O)c3c(C)noc3C)CC2)o1. The predicted octanol–water partition coefficient (Wildman–Crippen LogP) is 0.667. The lowest BCUT2D eigenvalue weighted by atomic mass is 9.97. The highest BCUT2D eigenvalue weighted by atomic mass is 32.2. The minimum absolute atomic E-state index is 0.0178. The fourth-order valence-corrected chi connectivity index (χ4v) is 4.35. The number of aryl methyl sites for hydroxylation is 3. The third kappa shape index (κ3) is 3.78. The molecule has 0 aromatic carbocycles. The summed E-state index contributed by atoms with van der Waals surface area (Å²) in [5.74, 6) is 1.15. The van der Waals surface area contributed by atoms with Gasteiger partial charge in [-0.2, -0.15) is 0 Å². The smallest absolute Gasteiger partial charge is 0.246 e. The fraction of sp³-hybridized carbons (Fsp3) is 0.600. The first-order chi connectivity index (χ1) is 12.3. The van der Waals surface area contributed by atoms with E-state index in [4.69, 9.17) is 8.94 Å². The Bertz CT molecular complexity index is 876. The normalized spacial score (nSPS) is 16.2. The topological polar surface area (TPSA) is 131 Å². The van der Waals surface area contributed by atoms with Gasteiger partial charge in [0, 0.05) is 25.9 Å². The number of sulfonamides is 1. The molecule has 1 aliphatic heterocycles. The summed E-state index contributed by atoms with van der Waals surface area (Å²) in [5.41, 5.74) is 0.262. The minimum Gasteiger partial charge on any atom is -0.425 e. The minimum atomic E-state index is -3.85. The quantitative estimate of drug-likeness (QED) is 0.797. The van der Waals surface area contributed by atoms with Gasteiger partial charge < -0.3 is 13.8 Å². The number of likely N-dealkylation sites (tertiary alicyclic amines) is 1. The van der Waals surface area contributed by atoms with Crippen LogP contribution < -0.4 is 4.72 Å². The van der Waals surface area contributed by atoms with Gasteiger partial charge >= 0.3 is 0 Å². The molecule has 0 aliphatic carbocycles. The van der Waals surface area contributed by atoms with Crippen molar-refractivity contribution in [3.8, 4) is 0 Å². The van der Waals surface area contributed by atoms with E-state index in [0.717, 1.165) is 0 Å². The maximum atomic E-state index is 12.4. The number of piperidine rings is 1. The Morgan fingerprint density at radius 3 is 2.46 bits per heavy atom. The Hall–Kier alpha value is -2.27. The Morgan fingerprint density at radius 1 is 1.23 bits per heavy atom. The standard InChI is InChI=1S/C15H21N5O5S/c1-9-14(10(2)25-19-9)26(22,23)16-8-13(21)20-6-4-12(5-7-20)15-18-17-11(3)24-15/h12,16H,4-8H2,1-3H3. The maximum Gasteiger partial charge on any atom is 0.246 e. The number of hydrogen-bond donors (Lipinski definition) is 1. The van der Waals surface area contributed by atoms with E-state index in [2.05, 4.69) is 20.1 Å². The molecule has 0 radical (unpaired) electrons. The number of aromatic nitrogens is 3. The highest BCUT2D eigenvalue weighted by Gasteiger charge is 2.29. The average molecular weight is 383 g/mol. The van der Waals surface area contributed by atoms with Crippen LogP contribution in [0.25, 0.3) is 0 Å². The zero-order valence-electron chi connectivity index (χ0n) is 14.9. The summed E-state index contributed by atoms with van der Waals surface area (Å²) in [6.45, 7) is 5.50. The van der Waals surface area contributed by atoms with E-state index in [1.54, 1.807) is 11.8 Å². The number of nitrogens with zero attached hydrogens (tertiary/aromatic N) is 4. The van der Waals surface area contributed by atoms with Gasteiger partial charge in [-0.15, -0.1) is 10.2 Å². The molecule has 0 spiro atoms. The van der Waals surface area contributed by atoms with Gasteiger partial charge in [0.2, 0.25) is 27.7 Å². The first-order valence-corrected chi connectivity index (χ1v) is 9.76. The largest absolute Gasteiger partial charge is 0.425 e. The zero-order chi connectivity index (χ0) is 18.9. The lowest BCUT2D eigenvalue weighted by Gasteiger charge is -2.30. The molecule has 2 aromatic heterocycles. The van der Waals surface area contributed by atoms with E-state index in [0.29, 0.717) is 37.7 Å². The van der Waals surface area contributed by atoms with Crippen LogP contribution in [0.5, 0.6) is 0 Å². The molecule has 0 bridgehead atoms. The monoisotopic (exact) mass is 383 g/mol. The molecule has 142 valence electrons. The molecule has 26 heavy (non-hydrogen) atoms.